The minimum Gasteiger partial charge on any atom is -0.355 e. The summed E-state index contributed by atoms with van der Waals surface area (Å²) in [6.45, 7) is 1.98. The normalized spacial score (nSPS) is 20.3. The lowest BCUT2D eigenvalue weighted by atomic mass is 9.83. The molecule has 3 aromatic heterocycles. The van der Waals surface area contributed by atoms with Crippen LogP contribution in [0.15, 0.2) is 18.3 Å². The van der Waals surface area contributed by atoms with E-state index in [4.69, 9.17) is 0 Å². The van der Waals surface area contributed by atoms with E-state index < -0.39 is 0 Å². The van der Waals surface area contributed by atoms with Crippen LogP contribution in [0.2, 0.25) is 0 Å². The fourth-order valence-electron chi connectivity index (χ4n) is 4.91. The Labute approximate surface area is 159 Å². The van der Waals surface area contributed by atoms with Gasteiger partial charge in [0.15, 0.2) is 5.65 Å². The number of pyridine rings is 1. The van der Waals surface area contributed by atoms with Gasteiger partial charge in [-0.25, -0.2) is 9.97 Å². The van der Waals surface area contributed by atoms with Crippen LogP contribution in [0.4, 0.5) is 0 Å². The summed E-state index contributed by atoms with van der Waals surface area (Å²) in [4.78, 5) is 15.8. The number of fused-ring (bicyclic) bond motifs is 2. The van der Waals surface area contributed by atoms with Gasteiger partial charge >= 0.3 is 0 Å². The second kappa shape index (κ2) is 6.99. The average molecular weight is 361 g/mol. The predicted octanol–water partition coefficient (Wildman–Crippen LogP) is 4.20. The number of hydrogen-bond acceptors (Lipinski definition) is 2. The summed E-state index contributed by atoms with van der Waals surface area (Å²) in [5.74, 6) is 2.57. The summed E-state index contributed by atoms with van der Waals surface area (Å²) >= 11 is 0. The first kappa shape index (κ1) is 16.8. The largest absolute Gasteiger partial charge is 0.355 e. The second-order valence-electron chi connectivity index (χ2n) is 8.38. The topological polar surface area (TPSA) is 57.4 Å². The van der Waals surface area contributed by atoms with Crippen LogP contribution in [0.3, 0.4) is 0 Å². The molecule has 0 bridgehead atoms. The minimum absolute atomic E-state index is 0.690. The standard InChI is InChI=1S/C23H28N4/c1-15-25-22-19(11-12-24-23(22)26-15)21-14-18-13-17(9-10-20(18)27-21)8-7-16-5-3-2-4-6-16/h10-14,16-17,27H,2-9H2,1H3,(H,24,25,26). The van der Waals surface area contributed by atoms with Gasteiger partial charge in [-0.1, -0.05) is 44.3 Å². The molecule has 140 valence electrons. The summed E-state index contributed by atoms with van der Waals surface area (Å²) in [6, 6.07) is 4.36. The van der Waals surface area contributed by atoms with Crippen LogP contribution in [0.1, 0.15) is 57.2 Å². The minimum atomic E-state index is 0.690. The lowest BCUT2D eigenvalue weighted by molar-refractivity contribution is 0.322. The van der Waals surface area contributed by atoms with E-state index in [-0.39, 0.29) is 0 Å². The lowest BCUT2D eigenvalue weighted by Crippen LogP contribution is -2.27. The van der Waals surface area contributed by atoms with Crippen LogP contribution >= 0.6 is 0 Å². The Kier molecular flexibility index (Phi) is 4.35. The summed E-state index contributed by atoms with van der Waals surface area (Å²) in [6.07, 6.45) is 17.9. The number of aromatic nitrogens is 4. The third-order valence-corrected chi connectivity index (χ3v) is 6.39. The van der Waals surface area contributed by atoms with E-state index in [2.05, 4.69) is 44.2 Å². The average Bonchev–Trinajstić information content (AvgIpc) is 3.28. The molecular formula is C23H28N4. The van der Waals surface area contributed by atoms with Crippen molar-refractivity contribution in [3.63, 3.8) is 0 Å². The third kappa shape index (κ3) is 3.33. The van der Waals surface area contributed by atoms with Crippen LogP contribution < -0.4 is 10.6 Å². The van der Waals surface area contributed by atoms with E-state index in [1.807, 2.05) is 13.1 Å². The van der Waals surface area contributed by atoms with Gasteiger partial charge in [0, 0.05) is 22.8 Å². The van der Waals surface area contributed by atoms with Crippen molar-refractivity contribution in [3.8, 4) is 11.3 Å². The predicted molar refractivity (Wildman–Crippen MR) is 111 cm³/mol. The van der Waals surface area contributed by atoms with Crippen molar-refractivity contribution in [2.24, 2.45) is 11.8 Å². The molecule has 2 aliphatic carbocycles. The maximum absolute atomic E-state index is 4.47. The van der Waals surface area contributed by atoms with Crippen LogP contribution in [-0.2, 0) is 0 Å². The molecule has 4 nitrogen and oxygen atoms in total. The van der Waals surface area contributed by atoms with Gasteiger partial charge in [0.1, 0.15) is 5.82 Å². The Morgan fingerprint density at radius 1 is 1.11 bits per heavy atom. The molecule has 4 heteroatoms. The van der Waals surface area contributed by atoms with Crippen molar-refractivity contribution in [2.45, 2.75) is 58.3 Å². The molecular weight excluding hydrogens is 332 g/mol. The molecule has 0 saturated heterocycles. The molecule has 0 radical (unpaired) electrons. The molecule has 1 unspecified atom stereocenters. The summed E-state index contributed by atoms with van der Waals surface area (Å²) < 4.78 is 0. The molecule has 1 saturated carbocycles. The molecule has 2 aliphatic rings. The first-order valence-corrected chi connectivity index (χ1v) is 10.5. The molecule has 27 heavy (non-hydrogen) atoms. The monoisotopic (exact) mass is 360 g/mol. The highest BCUT2D eigenvalue weighted by Gasteiger charge is 2.17. The van der Waals surface area contributed by atoms with Crippen LogP contribution in [0.5, 0.6) is 0 Å². The number of aromatic amines is 2. The summed E-state index contributed by atoms with van der Waals surface area (Å²) in [7, 11) is 0. The Hall–Kier alpha value is -2.36. The van der Waals surface area contributed by atoms with E-state index in [9.17, 15) is 0 Å². The van der Waals surface area contributed by atoms with Crippen molar-refractivity contribution >= 4 is 23.3 Å². The van der Waals surface area contributed by atoms with Gasteiger partial charge in [-0.15, -0.1) is 0 Å². The van der Waals surface area contributed by atoms with E-state index in [0.29, 0.717) is 5.92 Å². The highest BCUT2D eigenvalue weighted by Crippen LogP contribution is 2.30. The molecule has 0 spiro atoms. The van der Waals surface area contributed by atoms with Gasteiger partial charge in [0.05, 0.1) is 5.52 Å². The second-order valence-corrected chi connectivity index (χ2v) is 8.38. The maximum atomic E-state index is 4.47. The Bertz CT molecular complexity index is 1070. The maximum Gasteiger partial charge on any atom is 0.178 e. The lowest BCUT2D eigenvalue weighted by Gasteiger charge is -2.23. The van der Waals surface area contributed by atoms with Crippen molar-refractivity contribution in [1.29, 1.82) is 0 Å². The first-order valence-electron chi connectivity index (χ1n) is 10.5. The highest BCUT2D eigenvalue weighted by atomic mass is 15.0. The zero-order valence-corrected chi connectivity index (χ0v) is 16.1. The molecule has 0 aliphatic heterocycles. The van der Waals surface area contributed by atoms with Gasteiger partial charge in [-0.05, 0) is 55.4 Å². The molecule has 2 N–H and O–H groups in total. The number of rotatable bonds is 4. The molecule has 1 fully saturated rings. The van der Waals surface area contributed by atoms with Gasteiger partial charge in [-0.2, -0.15) is 0 Å². The van der Waals surface area contributed by atoms with E-state index in [1.165, 1.54) is 55.5 Å². The third-order valence-electron chi connectivity index (χ3n) is 6.39. The fourth-order valence-corrected chi connectivity index (χ4v) is 4.91. The molecule has 3 heterocycles. The Balaban J connectivity index is 1.40. The van der Waals surface area contributed by atoms with Gasteiger partial charge < -0.3 is 9.97 Å². The van der Waals surface area contributed by atoms with E-state index >= 15 is 0 Å². The van der Waals surface area contributed by atoms with E-state index in [1.54, 1.807) is 0 Å². The van der Waals surface area contributed by atoms with Crippen LogP contribution in [-0.4, -0.2) is 19.9 Å². The first-order chi connectivity index (χ1) is 13.3. The summed E-state index contributed by atoms with van der Waals surface area (Å²) in [5.41, 5.74) is 4.10. The molecule has 5 rings (SSSR count). The number of nitrogens with one attached hydrogen (secondary N) is 2. The van der Waals surface area contributed by atoms with Crippen molar-refractivity contribution in [3.05, 3.63) is 34.7 Å². The smallest absolute Gasteiger partial charge is 0.178 e. The number of imidazole rings is 1. The molecule has 0 aromatic carbocycles. The van der Waals surface area contributed by atoms with Gasteiger partial charge in [0.25, 0.3) is 0 Å². The van der Waals surface area contributed by atoms with Gasteiger partial charge in [-0.3, -0.25) is 0 Å². The Morgan fingerprint density at radius 3 is 2.89 bits per heavy atom. The van der Waals surface area contributed by atoms with Gasteiger partial charge in [0.2, 0.25) is 0 Å². The molecule has 1 atom stereocenters. The molecule has 3 aromatic rings. The number of H-pyrrole nitrogens is 2. The van der Waals surface area contributed by atoms with Crippen molar-refractivity contribution in [1.82, 2.24) is 19.9 Å². The zero-order valence-electron chi connectivity index (χ0n) is 16.1. The van der Waals surface area contributed by atoms with Crippen LogP contribution in [0.25, 0.3) is 34.6 Å². The number of aryl methyl sites for hydroxylation is 1. The molecule has 0 amide bonds. The Morgan fingerprint density at radius 2 is 2.00 bits per heavy atom. The van der Waals surface area contributed by atoms with Crippen molar-refractivity contribution < 1.29 is 0 Å². The zero-order chi connectivity index (χ0) is 18.2. The SMILES string of the molecule is Cc1nc2nccc(-c3cc4c([nH]3)=CCC(CCC3CCCCC3)C=4)c2[nH]1. The highest BCUT2D eigenvalue weighted by molar-refractivity contribution is 5.88. The summed E-state index contributed by atoms with van der Waals surface area (Å²) in [5, 5.41) is 2.62. The number of hydrogen-bond donors (Lipinski definition) is 2. The van der Waals surface area contributed by atoms with Crippen molar-refractivity contribution in [2.75, 3.05) is 0 Å². The quantitative estimate of drug-likeness (QED) is 0.732. The van der Waals surface area contributed by atoms with E-state index in [0.717, 1.165) is 40.6 Å². The van der Waals surface area contributed by atoms with Crippen LogP contribution in [0, 0.1) is 18.8 Å². The fraction of sp³-hybridized carbons (Fsp3) is 0.478. The number of nitrogens with zero attached hydrogens (tertiary/aromatic N) is 2.